The second-order valence-corrected chi connectivity index (χ2v) is 7.25. The Hall–Kier alpha value is -4.46. The lowest BCUT2D eigenvalue weighted by molar-refractivity contribution is -0.118. The van der Waals surface area contributed by atoms with Crippen LogP contribution in [0.2, 0.25) is 0 Å². The van der Waals surface area contributed by atoms with E-state index < -0.39 is 11.9 Å². The molecule has 8 nitrogen and oxygen atoms in total. The Morgan fingerprint density at radius 3 is 2.56 bits per heavy atom. The van der Waals surface area contributed by atoms with Crippen molar-refractivity contribution in [3.8, 4) is 17.1 Å². The highest BCUT2D eigenvalue weighted by Crippen LogP contribution is 2.27. The monoisotopic (exact) mass is 424 g/mol. The van der Waals surface area contributed by atoms with Crippen LogP contribution >= 0.6 is 0 Å². The number of methoxy groups -OCH3 is 1. The lowest BCUT2D eigenvalue weighted by atomic mass is 10.1. The fourth-order valence-corrected chi connectivity index (χ4v) is 3.63. The number of fused-ring (bicyclic) bond motifs is 3. The van der Waals surface area contributed by atoms with E-state index in [9.17, 15) is 4.79 Å². The summed E-state index contributed by atoms with van der Waals surface area (Å²) in [6.45, 7) is 0. The van der Waals surface area contributed by atoms with Crippen molar-refractivity contribution in [2.75, 3.05) is 12.4 Å². The summed E-state index contributed by atoms with van der Waals surface area (Å²) >= 11 is 0. The smallest absolute Gasteiger partial charge is 0.244 e. The first-order chi connectivity index (χ1) is 15.6. The van der Waals surface area contributed by atoms with Gasteiger partial charge in [0.05, 0.1) is 12.6 Å². The Labute approximate surface area is 183 Å². The van der Waals surface area contributed by atoms with Gasteiger partial charge in [0.25, 0.3) is 0 Å². The third-order valence-corrected chi connectivity index (χ3v) is 5.20. The van der Waals surface area contributed by atoms with Gasteiger partial charge in [-0.2, -0.15) is 4.52 Å². The third kappa shape index (κ3) is 3.47. The van der Waals surface area contributed by atoms with Gasteiger partial charge in [0, 0.05) is 10.9 Å². The molecule has 2 aromatic heterocycles. The molecule has 0 aliphatic carbocycles. The Bertz CT molecular complexity index is 1430. The molecule has 1 atom stereocenters. The third-order valence-electron chi connectivity index (χ3n) is 5.20. The van der Waals surface area contributed by atoms with Crippen molar-refractivity contribution < 1.29 is 9.53 Å². The maximum absolute atomic E-state index is 12.3. The van der Waals surface area contributed by atoms with Gasteiger partial charge in [-0.15, -0.1) is 5.10 Å². The van der Waals surface area contributed by atoms with Crippen LogP contribution in [0.5, 0.6) is 5.75 Å². The molecule has 0 saturated heterocycles. The average Bonchev–Trinajstić information content (AvgIpc) is 3.29. The van der Waals surface area contributed by atoms with Crippen LogP contribution < -0.4 is 15.8 Å². The van der Waals surface area contributed by atoms with Gasteiger partial charge in [-0.1, -0.05) is 54.6 Å². The van der Waals surface area contributed by atoms with E-state index in [4.69, 9.17) is 20.4 Å². The van der Waals surface area contributed by atoms with Crippen molar-refractivity contribution in [2.45, 2.75) is 6.04 Å². The molecular weight excluding hydrogens is 404 g/mol. The number of hydrogen-bond acceptors (Lipinski definition) is 6. The number of carbonyl (C=O) groups excluding carboxylic acids is 1. The largest absolute Gasteiger partial charge is 0.497 e. The minimum Gasteiger partial charge on any atom is -0.497 e. The summed E-state index contributed by atoms with van der Waals surface area (Å²) in [5.41, 5.74) is 8.59. The van der Waals surface area contributed by atoms with Crippen molar-refractivity contribution in [2.24, 2.45) is 5.73 Å². The number of anilines is 1. The Kier molecular flexibility index (Phi) is 4.87. The van der Waals surface area contributed by atoms with Crippen molar-refractivity contribution in [3.05, 3.63) is 84.4 Å². The summed E-state index contributed by atoms with van der Waals surface area (Å²) in [7, 11) is 1.61. The molecule has 158 valence electrons. The minimum atomic E-state index is -0.780. The topological polar surface area (TPSA) is 107 Å². The summed E-state index contributed by atoms with van der Waals surface area (Å²) in [4.78, 5) is 21.8. The summed E-state index contributed by atoms with van der Waals surface area (Å²) in [6, 6.07) is 23.7. The molecule has 1 amide bonds. The Balaban J connectivity index is 1.69. The number of benzene rings is 3. The van der Waals surface area contributed by atoms with E-state index in [2.05, 4.69) is 10.4 Å². The molecule has 5 aromatic rings. The number of hydrogen-bond donors (Lipinski definition) is 2. The zero-order chi connectivity index (χ0) is 22.1. The van der Waals surface area contributed by atoms with Crippen LogP contribution in [0.1, 0.15) is 11.6 Å². The molecule has 0 saturated carbocycles. The van der Waals surface area contributed by atoms with Crippen LogP contribution in [0, 0.1) is 0 Å². The molecule has 0 unspecified atom stereocenters. The highest BCUT2D eigenvalue weighted by atomic mass is 16.5. The molecule has 0 fully saturated rings. The first-order valence-corrected chi connectivity index (χ1v) is 10.0. The molecule has 0 radical (unpaired) electrons. The molecule has 5 rings (SSSR count). The van der Waals surface area contributed by atoms with Gasteiger partial charge in [0.1, 0.15) is 11.8 Å². The van der Waals surface area contributed by atoms with E-state index in [1.165, 1.54) is 0 Å². The first kappa shape index (κ1) is 19.5. The van der Waals surface area contributed by atoms with Crippen LogP contribution in [0.4, 0.5) is 5.95 Å². The van der Waals surface area contributed by atoms with Crippen LogP contribution in [0.25, 0.3) is 27.9 Å². The molecule has 2 heterocycles. The molecular formula is C24H20N6O2. The number of aromatic nitrogens is 4. The fourth-order valence-electron chi connectivity index (χ4n) is 3.63. The van der Waals surface area contributed by atoms with Crippen LogP contribution in [-0.4, -0.2) is 32.6 Å². The summed E-state index contributed by atoms with van der Waals surface area (Å²) in [5.74, 6) is 1.07. The molecule has 32 heavy (non-hydrogen) atoms. The number of nitrogens with two attached hydrogens (primary N) is 1. The molecule has 0 spiro atoms. The summed E-state index contributed by atoms with van der Waals surface area (Å²) in [5, 5.41) is 8.70. The van der Waals surface area contributed by atoms with Gasteiger partial charge in [-0.3, -0.25) is 4.79 Å². The van der Waals surface area contributed by atoms with E-state index >= 15 is 0 Å². The lowest BCUT2D eigenvalue weighted by Gasteiger charge is -2.17. The summed E-state index contributed by atoms with van der Waals surface area (Å²) in [6.07, 6.45) is 0. The molecule has 0 aliphatic heterocycles. The van der Waals surface area contributed by atoms with E-state index in [0.29, 0.717) is 23.2 Å². The zero-order valence-corrected chi connectivity index (χ0v) is 17.3. The number of carbonyl (C=O) groups is 1. The number of nitrogens with one attached hydrogen (secondary N) is 1. The van der Waals surface area contributed by atoms with E-state index in [-0.39, 0.29) is 0 Å². The SMILES string of the molecule is COc1cccc(-c2nc3c4ccccc4nc(N[C@@H](C(N)=O)c4ccccc4)n3n2)c1. The molecule has 8 heteroatoms. The van der Waals surface area contributed by atoms with Crippen LogP contribution in [0.15, 0.2) is 78.9 Å². The predicted molar refractivity (Wildman–Crippen MR) is 122 cm³/mol. The van der Waals surface area contributed by atoms with Gasteiger partial charge >= 0.3 is 0 Å². The number of ether oxygens (including phenoxy) is 1. The van der Waals surface area contributed by atoms with Crippen molar-refractivity contribution in [1.29, 1.82) is 0 Å². The Morgan fingerprint density at radius 2 is 1.78 bits per heavy atom. The zero-order valence-electron chi connectivity index (χ0n) is 17.3. The fraction of sp³-hybridized carbons (Fsp3) is 0.0833. The maximum Gasteiger partial charge on any atom is 0.244 e. The second-order valence-electron chi connectivity index (χ2n) is 7.25. The van der Waals surface area contributed by atoms with Gasteiger partial charge < -0.3 is 15.8 Å². The first-order valence-electron chi connectivity index (χ1n) is 10.0. The van der Waals surface area contributed by atoms with Crippen LogP contribution in [0.3, 0.4) is 0 Å². The highest BCUT2D eigenvalue weighted by molar-refractivity contribution is 5.93. The van der Waals surface area contributed by atoms with Crippen molar-refractivity contribution >= 4 is 28.4 Å². The number of para-hydroxylation sites is 1. The van der Waals surface area contributed by atoms with Crippen molar-refractivity contribution in [1.82, 2.24) is 19.6 Å². The minimum absolute atomic E-state index is 0.369. The standard InChI is InChI=1S/C24H20N6O2/c1-32-17-11-7-10-16(14-17)22-28-23-18-12-5-6-13-19(18)26-24(30(23)29-22)27-20(21(25)31)15-8-3-2-4-9-15/h2-14,20H,1H3,(H2,25,31)(H,26,27)/t20-/m1/s1. The summed E-state index contributed by atoms with van der Waals surface area (Å²) < 4.78 is 6.94. The van der Waals surface area contributed by atoms with E-state index in [1.807, 2.05) is 78.9 Å². The average molecular weight is 424 g/mol. The lowest BCUT2D eigenvalue weighted by Crippen LogP contribution is -2.29. The number of nitrogens with zero attached hydrogens (tertiary/aromatic N) is 4. The van der Waals surface area contributed by atoms with Crippen molar-refractivity contribution in [3.63, 3.8) is 0 Å². The quantitative estimate of drug-likeness (QED) is 0.431. The maximum atomic E-state index is 12.3. The van der Waals surface area contributed by atoms with Gasteiger partial charge in [0.2, 0.25) is 11.9 Å². The second kappa shape index (κ2) is 7.99. The van der Waals surface area contributed by atoms with Gasteiger partial charge in [0.15, 0.2) is 11.5 Å². The normalized spacial score (nSPS) is 12.0. The van der Waals surface area contributed by atoms with Crippen LogP contribution in [-0.2, 0) is 4.79 Å². The Morgan fingerprint density at radius 1 is 1.00 bits per heavy atom. The van der Waals surface area contributed by atoms with E-state index in [1.54, 1.807) is 11.6 Å². The highest BCUT2D eigenvalue weighted by Gasteiger charge is 2.22. The molecule has 0 bridgehead atoms. The molecule has 0 aliphatic rings. The van der Waals surface area contributed by atoms with Gasteiger partial charge in [-0.25, -0.2) is 9.97 Å². The van der Waals surface area contributed by atoms with E-state index in [0.717, 1.165) is 22.0 Å². The number of amides is 1. The predicted octanol–water partition coefficient (Wildman–Crippen LogP) is 3.59. The molecule has 3 N–H and O–H groups in total. The number of rotatable bonds is 6. The molecule has 3 aromatic carbocycles. The van der Waals surface area contributed by atoms with Gasteiger partial charge in [-0.05, 0) is 29.8 Å². The number of primary amides is 1.